The first-order valence-corrected chi connectivity index (χ1v) is 6.65. The van der Waals surface area contributed by atoms with Crippen molar-refractivity contribution >= 4 is 5.91 Å². The van der Waals surface area contributed by atoms with Gasteiger partial charge in [-0.05, 0) is 31.0 Å². The lowest BCUT2D eigenvalue weighted by molar-refractivity contribution is 0.0732. The minimum absolute atomic E-state index is 0.0193. The van der Waals surface area contributed by atoms with E-state index in [0.29, 0.717) is 11.3 Å². The third-order valence-corrected chi connectivity index (χ3v) is 3.58. The zero-order valence-electron chi connectivity index (χ0n) is 11.0. The van der Waals surface area contributed by atoms with Gasteiger partial charge in [-0.2, -0.15) is 5.10 Å². The molecule has 3 rings (SSSR count). The van der Waals surface area contributed by atoms with Gasteiger partial charge in [0.25, 0.3) is 5.91 Å². The van der Waals surface area contributed by atoms with E-state index >= 15 is 0 Å². The largest absolute Gasteiger partial charge is 0.390 e. The Morgan fingerprint density at radius 1 is 1.55 bits per heavy atom. The second kappa shape index (κ2) is 5.42. The molecule has 1 saturated heterocycles. The molecule has 3 heterocycles. The number of nitrogens with one attached hydrogen (secondary N) is 1. The Labute approximate surface area is 116 Å². The van der Waals surface area contributed by atoms with E-state index in [1.807, 2.05) is 11.0 Å². The molecular formula is C14H16N4O2. The van der Waals surface area contributed by atoms with Gasteiger partial charge in [-0.3, -0.25) is 14.9 Å². The van der Waals surface area contributed by atoms with Crippen LogP contribution in [0.3, 0.4) is 0 Å². The summed E-state index contributed by atoms with van der Waals surface area (Å²) >= 11 is 0. The van der Waals surface area contributed by atoms with Gasteiger partial charge >= 0.3 is 0 Å². The molecule has 2 N–H and O–H groups in total. The van der Waals surface area contributed by atoms with Gasteiger partial charge in [0.05, 0.1) is 29.6 Å². The summed E-state index contributed by atoms with van der Waals surface area (Å²) in [4.78, 5) is 18.3. The SMILES string of the molecule is O=C(c1cccnc1)N1CCCC1c1cc(CO)[nH]n1. The molecule has 1 amide bonds. The van der Waals surface area contributed by atoms with Gasteiger partial charge in [0.1, 0.15) is 0 Å². The van der Waals surface area contributed by atoms with E-state index in [9.17, 15) is 4.79 Å². The predicted molar refractivity (Wildman–Crippen MR) is 71.8 cm³/mol. The quantitative estimate of drug-likeness (QED) is 0.881. The molecule has 0 radical (unpaired) electrons. The first kappa shape index (κ1) is 12.8. The van der Waals surface area contributed by atoms with Gasteiger partial charge in [-0.15, -0.1) is 0 Å². The molecule has 0 aromatic carbocycles. The molecule has 1 aliphatic rings. The maximum Gasteiger partial charge on any atom is 0.255 e. The van der Waals surface area contributed by atoms with Crippen molar-refractivity contribution in [2.75, 3.05) is 6.54 Å². The Morgan fingerprint density at radius 2 is 2.45 bits per heavy atom. The van der Waals surface area contributed by atoms with Crippen molar-refractivity contribution in [2.24, 2.45) is 0 Å². The van der Waals surface area contributed by atoms with Crippen LogP contribution in [-0.4, -0.2) is 37.6 Å². The maximum absolute atomic E-state index is 12.5. The monoisotopic (exact) mass is 272 g/mol. The van der Waals surface area contributed by atoms with Crippen LogP contribution >= 0.6 is 0 Å². The normalized spacial score (nSPS) is 18.4. The molecular weight excluding hydrogens is 256 g/mol. The Hall–Kier alpha value is -2.21. The average Bonchev–Trinajstić information content (AvgIpc) is 3.15. The van der Waals surface area contributed by atoms with Crippen LogP contribution in [0, 0.1) is 0 Å². The number of aliphatic hydroxyl groups excluding tert-OH is 1. The third kappa shape index (κ3) is 2.30. The van der Waals surface area contributed by atoms with Gasteiger partial charge in [-0.1, -0.05) is 0 Å². The van der Waals surface area contributed by atoms with Crippen LogP contribution in [0.5, 0.6) is 0 Å². The highest BCUT2D eigenvalue weighted by atomic mass is 16.3. The van der Waals surface area contributed by atoms with Crippen LogP contribution in [0.1, 0.15) is 40.6 Å². The average molecular weight is 272 g/mol. The Bertz CT molecular complexity index is 596. The molecule has 0 spiro atoms. The number of aromatic amines is 1. The number of rotatable bonds is 3. The van der Waals surface area contributed by atoms with Crippen LogP contribution in [0.2, 0.25) is 0 Å². The van der Waals surface area contributed by atoms with Crippen LogP contribution < -0.4 is 0 Å². The van der Waals surface area contributed by atoms with E-state index in [4.69, 9.17) is 5.11 Å². The van der Waals surface area contributed by atoms with E-state index in [1.54, 1.807) is 24.5 Å². The third-order valence-electron chi connectivity index (χ3n) is 3.58. The summed E-state index contributed by atoms with van der Waals surface area (Å²) in [6.45, 7) is 0.649. The summed E-state index contributed by atoms with van der Waals surface area (Å²) in [7, 11) is 0. The lowest BCUT2D eigenvalue weighted by Gasteiger charge is -2.23. The molecule has 0 aliphatic carbocycles. The summed E-state index contributed by atoms with van der Waals surface area (Å²) in [6.07, 6.45) is 5.08. The van der Waals surface area contributed by atoms with Gasteiger partial charge in [0.2, 0.25) is 0 Å². The molecule has 1 aliphatic heterocycles. The lowest BCUT2D eigenvalue weighted by Crippen LogP contribution is -2.30. The first-order chi connectivity index (χ1) is 9.79. The van der Waals surface area contributed by atoms with Crippen molar-refractivity contribution in [3.8, 4) is 0 Å². The topological polar surface area (TPSA) is 82.1 Å². The van der Waals surface area contributed by atoms with Crippen molar-refractivity contribution in [2.45, 2.75) is 25.5 Å². The highest BCUT2D eigenvalue weighted by Crippen LogP contribution is 2.32. The molecule has 1 atom stereocenters. The van der Waals surface area contributed by atoms with Crippen molar-refractivity contribution < 1.29 is 9.90 Å². The van der Waals surface area contributed by atoms with Gasteiger partial charge in [0.15, 0.2) is 0 Å². The van der Waals surface area contributed by atoms with E-state index in [2.05, 4.69) is 15.2 Å². The molecule has 20 heavy (non-hydrogen) atoms. The maximum atomic E-state index is 12.5. The lowest BCUT2D eigenvalue weighted by atomic mass is 10.1. The fourth-order valence-corrected chi connectivity index (χ4v) is 2.60. The molecule has 1 fully saturated rings. The molecule has 0 bridgehead atoms. The van der Waals surface area contributed by atoms with Crippen LogP contribution in [0.4, 0.5) is 0 Å². The molecule has 104 valence electrons. The van der Waals surface area contributed by atoms with Crippen LogP contribution in [0.15, 0.2) is 30.6 Å². The first-order valence-electron chi connectivity index (χ1n) is 6.65. The van der Waals surface area contributed by atoms with Gasteiger partial charge < -0.3 is 10.0 Å². The molecule has 2 aromatic heterocycles. The van der Waals surface area contributed by atoms with E-state index < -0.39 is 0 Å². The molecule has 1 unspecified atom stereocenters. The van der Waals surface area contributed by atoms with Crippen molar-refractivity contribution in [1.29, 1.82) is 0 Å². The van der Waals surface area contributed by atoms with Crippen LogP contribution in [0.25, 0.3) is 0 Å². The number of carbonyl (C=O) groups excluding carboxylic acids is 1. The Balaban J connectivity index is 1.83. The van der Waals surface area contributed by atoms with Gasteiger partial charge in [-0.25, -0.2) is 0 Å². The number of aromatic nitrogens is 3. The highest BCUT2D eigenvalue weighted by molar-refractivity contribution is 5.94. The minimum Gasteiger partial charge on any atom is -0.390 e. The molecule has 6 heteroatoms. The van der Waals surface area contributed by atoms with Crippen molar-refractivity contribution in [1.82, 2.24) is 20.1 Å². The number of pyridine rings is 1. The fourth-order valence-electron chi connectivity index (χ4n) is 2.60. The summed E-state index contributed by atoms with van der Waals surface area (Å²) in [5.41, 5.74) is 2.07. The van der Waals surface area contributed by atoms with Crippen molar-refractivity contribution in [3.63, 3.8) is 0 Å². The number of likely N-dealkylation sites (tertiary alicyclic amines) is 1. The highest BCUT2D eigenvalue weighted by Gasteiger charge is 2.32. The zero-order chi connectivity index (χ0) is 13.9. The standard InChI is InChI=1S/C14H16N4O2/c19-9-11-7-12(17-16-11)13-4-2-6-18(13)14(20)10-3-1-5-15-8-10/h1,3,5,7-8,13,19H,2,4,6,9H2,(H,16,17). The summed E-state index contributed by atoms with van der Waals surface area (Å²) in [6, 6.07) is 5.32. The predicted octanol–water partition coefficient (Wildman–Crippen LogP) is 1.27. The second-order valence-corrected chi connectivity index (χ2v) is 4.87. The van der Waals surface area contributed by atoms with Crippen LogP contribution in [-0.2, 0) is 6.61 Å². The zero-order valence-corrected chi connectivity index (χ0v) is 11.0. The number of aliphatic hydroxyl groups is 1. The smallest absolute Gasteiger partial charge is 0.255 e. The summed E-state index contributed by atoms with van der Waals surface area (Å²) < 4.78 is 0. The van der Waals surface area contributed by atoms with E-state index in [-0.39, 0.29) is 18.6 Å². The van der Waals surface area contributed by atoms with E-state index in [0.717, 1.165) is 25.1 Å². The molecule has 2 aromatic rings. The second-order valence-electron chi connectivity index (χ2n) is 4.87. The molecule has 6 nitrogen and oxygen atoms in total. The Morgan fingerprint density at radius 3 is 3.15 bits per heavy atom. The minimum atomic E-state index is -0.0731. The Kier molecular flexibility index (Phi) is 3.47. The van der Waals surface area contributed by atoms with Gasteiger partial charge in [0, 0.05) is 18.9 Å². The summed E-state index contributed by atoms with van der Waals surface area (Å²) in [5.74, 6) is -0.0193. The summed E-state index contributed by atoms with van der Waals surface area (Å²) in [5, 5.41) is 16.1. The number of H-pyrrole nitrogens is 1. The number of carbonyl (C=O) groups is 1. The number of hydrogen-bond donors (Lipinski definition) is 2. The number of hydrogen-bond acceptors (Lipinski definition) is 4. The number of amides is 1. The number of nitrogens with zero attached hydrogens (tertiary/aromatic N) is 3. The van der Waals surface area contributed by atoms with E-state index in [1.165, 1.54) is 0 Å². The molecule has 0 saturated carbocycles. The fraction of sp³-hybridized carbons (Fsp3) is 0.357. The van der Waals surface area contributed by atoms with Crippen molar-refractivity contribution in [3.05, 3.63) is 47.5 Å².